The number of amides is 2. The highest BCUT2D eigenvalue weighted by atomic mass is 35.5. The van der Waals surface area contributed by atoms with Crippen LogP contribution in [0.25, 0.3) is 0 Å². The van der Waals surface area contributed by atoms with E-state index in [0.717, 1.165) is 18.4 Å². The van der Waals surface area contributed by atoms with Crippen LogP contribution in [0.1, 0.15) is 18.4 Å². The van der Waals surface area contributed by atoms with Crippen LogP contribution >= 0.6 is 11.6 Å². The lowest BCUT2D eigenvalue weighted by molar-refractivity contribution is -0.124. The first-order chi connectivity index (χ1) is 12.1. The highest BCUT2D eigenvalue weighted by Crippen LogP contribution is 2.49. The number of carbonyl (C=O) groups excluding carboxylic acids is 2. The van der Waals surface area contributed by atoms with Crippen molar-refractivity contribution in [2.24, 2.45) is 11.8 Å². The van der Waals surface area contributed by atoms with Crippen molar-refractivity contribution >= 4 is 29.1 Å². The predicted octanol–water partition coefficient (Wildman–Crippen LogP) is 2.25. The molecule has 0 radical (unpaired) electrons. The molecule has 0 N–H and O–H groups in total. The Morgan fingerprint density at radius 3 is 2.52 bits per heavy atom. The lowest BCUT2D eigenvalue weighted by atomic mass is 9.81. The van der Waals surface area contributed by atoms with E-state index < -0.39 is 0 Å². The van der Waals surface area contributed by atoms with Crippen LogP contribution in [0.15, 0.2) is 36.7 Å². The van der Waals surface area contributed by atoms with Gasteiger partial charge in [-0.05, 0) is 30.5 Å². The van der Waals surface area contributed by atoms with Gasteiger partial charge in [-0.2, -0.15) is 5.10 Å². The molecule has 7 heteroatoms. The number of benzene rings is 1. The molecule has 3 saturated heterocycles. The summed E-state index contributed by atoms with van der Waals surface area (Å²) >= 11 is 5.89. The van der Waals surface area contributed by atoms with Gasteiger partial charge in [-0.3, -0.25) is 14.3 Å². The van der Waals surface area contributed by atoms with E-state index in [9.17, 15) is 9.59 Å². The zero-order valence-electron chi connectivity index (χ0n) is 13.3. The first-order valence-corrected chi connectivity index (χ1v) is 8.80. The number of hydrogen-bond acceptors (Lipinski definition) is 4. The third-order valence-corrected chi connectivity index (χ3v) is 5.59. The van der Waals surface area contributed by atoms with Gasteiger partial charge in [0.05, 0.1) is 47.5 Å². The van der Waals surface area contributed by atoms with Crippen LogP contribution in [0.2, 0.25) is 5.02 Å². The quantitative estimate of drug-likeness (QED) is 0.790. The van der Waals surface area contributed by atoms with E-state index in [2.05, 4.69) is 5.10 Å². The second kappa shape index (κ2) is 5.41. The van der Waals surface area contributed by atoms with Gasteiger partial charge in [0, 0.05) is 6.20 Å². The standard InChI is InChI=1S/C18H16ClN3O3/c19-11-7-20-21(9-11)8-10-2-1-3-12(6-10)22-17(23)15-13-4-5-14(25-13)16(15)18(22)24/h1-3,6-7,9,13-16H,4-5,8H2/t13-,14-,15-,16-/m1/s1. The van der Waals surface area contributed by atoms with Crippen LogP contribution < -0.4 is 4.90 Å². The number of aromatic nitrogens is 2. The topological polar surface area (TPSA) is 64.4 Å². The van der Waals surface area contributed by atoms with Gasteiger partial charge in [-0.25, -0.2) is 4.90 Å². The van der Waals surface area contributed by atoms with Crippen molar-refractivity contribution in [2.75, 3.05) is 4.90 Å². The largest absolute Gasteiger partial charge is 0.373 e. The van der Waals surface area contributed by atoms with Gasteiger partial charge in [0.2, 0.25) is 11.8 Å². The number of halogens is 1. The molecule has 2 amide bonds. The zero-order valence-corrected chi connectivity index (χ0v) is 14.1. The van der Waals surface area contributed by atoms with Gasteiger partial charge < -0.3 is 4.74 Å². The maximum Gasteiger partial charge on any atom is 0.240 e. The van der Waals surface area contributed by atoms with Crippen molar-refractivity contribution in [3.63, 3.8) is 0 Å². The second-order valence-electron chi connectivity index (χ2n) is 6.88. The SMILES string of the molecule is O=C1[C@H]2[C@H](C(=O)N1c1cccc(Cn3cc(Cl)cn3)c1)[C@H]1CC[C@H]2O1. The molecule has 1 aromatic carbocycles. The minimum atomic E-state index is -0.306. The molecule has 3 fully saturated rings. The van der Waals surface area contributed by atoms with Crippen molar-refractivity contribution in [3.8, 4) is 0 Å². The van der Waals surface area contributed by atoms with Crippen LogP contribution in [-0.2, 0) is 20.9 Å². The molecule has 4 heterocycles. The molecule has 25 heavy (non-hydrogen) atoms. The maximum atomic E-state index is 12.9. The monoisotopic (exact) mass is 357 g/mol. The molecule has 3 aliphatic rings. The average molecular weight is 358 g/mol. The van der Waals surface area contributed by atoms with E-state index >= 15 is 0 Å². The first-order valence-electron chi connectivity index (χ1n) is 8.42. The molecule has 128 valence electrons. The summed E-state index contributed by atoms with van der Waals surface area (Å²) in [6.07, 6.45) is 4.88. The number of anilines is 1. The van der Waals surface area contributed by atoms with E-state index in [1.165, 1.54) is 4.90 Å². The van der Waals surface area contributed by atoms with E-state index in [1.807, 2.05) is 18.2 Å². The molecule has 0 aliphatic carbocycles. The molecular weight excluding hydrogens is 342 g/mol. The minimum absolute atomic E-state index is 0.0918. The average Bonchev–Trinajstić information content (AvgIpc) is 3.34. The number of nitrogens with zero attached hydrogens (tertiary/aromatic N) is 3. The fourth-order valence-electron chi connectivity index (χ4n) is 4.37. The van der Waals surface area contributed by atoms with Gasteiger partial charge >= 0.3 is 0 Å². The summed E-state index contributed by atoms with van der Waals surface area (Å²) in [6, 6.07) is 7.47. The Kier molecular flexibility index (Phi) is 3.27. The fraction of sp³-hybridized carbons (Fsp3) is 0.389. The summed E-state index contributed by atoms with van der Waals surface area (Å²) < 4.78 is 7.50. The Morgan fingerprint density at radius 2 is 1.88 bits per heavy atom. The first kappa shape index (κ1) is 15.1. The molecule has 4 atom stereocenters. The van der Waals surface area contributed by atoms with Crippen LogP contribution in [0, 0.1) is 11.8 Å². The number of rotatable bonds is 3. The van der Waals surface area contributed by atoms with Crippen LogP contribution in [0.4, 0.5) is 5.69 Å². The summed E-state index contributed by atoms with van der Waals surface area (Å²) in [5.41, 5.74) is 1.58. The summed E-state index contributed by atoms with van der Waals surface area (Å²) in [5.74, 6) is -0.859. The van der Waals surface area contributed by atoms with Gasteiger partial charge in [0.25, 0.3) is 0 Å². The predicted molar refractivity (Wildman–Crippen MR) is 90.1 cm³/mol. The van der Waals surface area contributed by atoms with Gasteiger partial charge in [0.1, 0.15) is 0 Å². The molecule has 1 aromatic heterocycles. The highest BCUT2D eigenvalue weighted by Gasteiger charge is 2.62. The van der Waals surface area contributed by atoms with E-state index in [4.69, 9.17) is 16.3 Å². The molecular formula is C18H16ClN3O3. The second-order valence-corrected chi connectivity index (χ2v) is 7.32. The van der Waals surface area contributed by atoms with Crippen molar-refractivity contribution in [1.82, 2.24) is 9.78 Å². The van der Waals surface area contributed by atoms with Gasteiger partial charge in [-0.1, -0.05) is 23.7 Å². The fourth-order valence-corrected chi connectivity index (χ4v) is 4.53. The number of imide groups is 1. The molecule has 6 nitrogen and oxygen atoms in total. The molecule has 2 aromatic rings. The Bertz CT molecular complexity index is 852. The lowest BCUT2D eigenvalue weighted by Crippen LogP contribution is -2.34. The zero-order chi connectivity index (χ0) is 17.1. The Morgan fingerprint density at radius 1 is 1.16 bits per heavy atom. The van der Waals surface area contributed by atoms with Crippen LogP contribution in [0.3, 0.4) is 0 Å². The van der Waals surface area contributed by atoms with Crippen molar-refractivity contribution in [1.29, 1.82) is 0 Å². The molecule has 2 bridgehead atoms. The minimum Gasteiger partial charge on any atom is -0.373 e. The Hall–Kier alpha value is -2.18. The van der Waals surface area contributed by atoms with Crippen molar-refractivity contribution in [3.05, 3.63) is 47.2 Å². The molecule has 0 spiro atoms. The Labute approximate surface area is 149 Å². The van der Waals surface area contributed by atoms with E-state index in [0.29, 0.717) is 17.3 Å². The number of hydrogen-bond donors (Lipinski definition) is 0. The number of fused-ring (bicyclic) bond motifs is 5. The molecule has 0 saturated carbocycles. The number of ether oxygens (including phenoxy) is 1. The van der Waals surface area contributed by atoms with Gasteiger partial charge in [-0.15, -0.1) is 0 Å². The van der Waals surface area contributed by atoms with Crippen molar-refractivity contribution < 1.29 is 14.3 Å². The number of carbonyl (C=O) groups is 2. The van der Waals surface area contributed by atoms with Gasteiger partial charge in [0.15, 0.2) is 0 Å². The van der Waals surface area contributed by atoms with Crippen molar-refractivity contribution in [2.45, 2.75) is 31.6 Å². The van der Waals surface area contributed by atoms with Crippen LogP contribution in [0.5, 0.6) is 0 Å². The summed E-state index contributed by atoms with van der Waals surface area (Å²) in [5, 5.41) is 4.74. The Balaban J connectivity index is 1.44. The smallest absolute Gasteiger partial charge is 0.240 e. The summed E-state index contributed by atoms with van der Waals surface area (Å²) in [7, 11) is 0. The highest BCUT2D eigenvalue weighted by molar-refractivity contribution is 6.30. The van der Waals surface area contributed by atoms with Crippen LogP contribution in [-0.4, -0.2) is 33.8 Å². The summed E-state index contributed by atoms with van der Waals surface area (Å²) in [4.78, 5) is 27.1. The van der Waals surface area contributed by atoms with E-state index in [-0.39, 0.29) is 35.9 Å². The van der Waals surface area contributed by atoms with E-state index in [1.54, 1.807) is 23.1 Å². The third kappa shape index (κ3) is 2.24. The molecule has 3 aliphatic heterocycles. The summed E-state index contributed by atoms with van der Waals surface area (Å²) in [6.45, 7) is 0.526. The molecule has 0 unspecified atom stereocenters. The third-order valence-electron chi connectivity index (χ3n) is 5.40. The normalized spacial score (nSPS) is 30.4. The molecule has 5 rings (SSSR count). The lowest BCUT2D eigenvalue weighted by Gasteiger charge is -2.18. The maximum absolute atomic E-state index is 12.9.